The number of carbonyl (C=O) groups is 1. The van der Waals surface area contributed by atoms with Gasteiger partial charge < -0.3 is 10.1 Å². The molecule has 118 valence electrons. The van der Waals surface area contributed by atoms with Crippen molar-refractivity contribution in [3.63, 3.8) is 0 Å². The Bertz CT molecular complexity index is 620. The summed E-state index contributed by atoms with van der Waals surface area (Å²) in [7, 11) is 1.67. The number of carbonyl (C=O) groups excluding carboxylic acids is 1. The highest BCUT2D eigenvalue weighted by molar-refractivity contribution is 5.92. The van der Waals surface area contributed by atoms with E-state index in [-0.39, 0.29) is 11.9 Å². The maximum atomic E-state index is 12.2. The van der Waals surface area contributed by atoms with Gasteiger partial charge in [0.05, 0.1) is 7.11 Å². The summed E-state index contributed by atoms with van der Waals surface area (Å²) in [6.07, 6.45) is 3.39. The average Bonchev–Trinajstić information content (AvgIpc) is 3.01. The van der Waals surface area contributed by atoms with Crippen molar-refractivity contribution in [3.05, 3.63) is 47.8 Å². The van der Waals surface area contributed by atoms with Gasteiger partial charge in [0.25, 0.3) is 5.91 Å². The van der Waals surface area contributed by atoms with E-state index in [0.29, 0.717) is 12.2 Å². The largest absolute Gasteiger partial charge is 0.496 e. The molecule has 0 saturated carbocycles. The molecule has 0 aliphatic carbocycles. The summed E-state index contributed by atoms with van der Waals surface area (Å²) in [6, 6.07) is 9.87. The summed E-state index contributed by atoms with van der Waals surface area (Å²) in [6.45, 7) is 4.64. The van der Waals surface area contributed by atoms with Gasteiger partial charge in [-0.25, -0.2) is 0 Å². The number of aryl methyl sites for hydroxylation is 1. The Kier molecular flexibility index (Phi) is 5.58. The van der Waals surface area contributed by atoms with Crippen LogP contribution in [0.4, 0.5) is 0 Å². The molecule has 1 heterocycles. The number of ether oxygens (including phenoxy) is 1. The van der Waals surface area contributed by atoms with Crippen LogP contribution in [0.2, 0.25) is 0 Å². The standard InChI is InChI=1S/C17H23N3O2/c1-13(2)20-15(10-12-19-20)17(21)18-11-6-8-14-7-4-5-9-16(14)22-3/h4-5,7,9-10,12-13H,6,8,11H2,1-3H3,(H,18,21). The Hall–Kier alpha value is -2.30. The van der Waals surface area contributed by atoms with Crippen LogP contribution in [0.1, 0.15) is 42.4 Å². The molecule has 5 heteroatoms. The maximum Gasteiger partial charge on any atom is 0.269 e. The minimum Gasteiger partial charge on any atom is -0.496 e. The predicted molar refractivity (Wildman–Crippen MR) is 86.3 cm³/mol. The van der Waals surface area contributed by atoms with Crippen molar-refractivity contribution in [1.29, 1.82) is 0 Å². The molecule has 1 amide bonds. The first-order chi connectivity index (χ1) is 10.6. The van der Waals surface area contributed by atoms with Crippen LogP contribution in [-0.4, -0.2) is 29.3 Å². The van der Waals surface area contributed by atoms with Gasteiger partial charge in [0, 0.05) is 18.8 Å². The number of amides is 1. The molecule has 2 aromatic rings. The van der Waals surface area contributed by atoms with Gasteiger partial charge in [-0.15, -0.1) is 0 Å². The summed E-state index contributed by atoms with van der Waals surface area (Å²) >= 11 is 0. The van der Waals surface area contributed by atoms with E-state index in [1.165, 1.54) is 0 Å². The van der Waals surface area contributed by atoms with Crippen LogP contribution in [0.15, 0.2) is 36.5 Å². The number of aromatic nitrogens is 2. The summed E-state index contributed by atoms with van der Waals surface area (Å²) < 4.78 is 7.06. The third-order valence-electron chi connectivity index (χ3n) is 3.49. The van der Waals surface area contributed by atoms with Crippen LogP contribution < -0.4 is 10.1 Å². The summed E-state index contributed by atoms with van der Waals surface area (Å²) in [5.74, 6) is 0.818. The Labute approximate surface area is 131 Å². The topological polar surface area (TPSA) is 56.1 Å². The molecule has 1 aromatic heterocycles. The van der Waals surface area contributed by atoms with Gasteiger partial charge in [-0.1, -0.05) is 18.2 Å². The molecule has 2 rings (SSSR count). The van der Waals surface area contributed by atoms with Crippen molar-refractivity contribution >= 4 is 5.91 Å². The fraction of sp³-hybridized carbons (Fsp3) is 0.412. The lowest BCUT2D eigenvalue weighted by atomic mass is 10.1. The quantitative estimate of drug-likeness (QED) is 0.800. The first kappa shape index (κ1) is 16.1. The third-order valence-corrected chi connectivity index (χ3v) is 3.49. The molecule has 0 atom stereocenters. The molecule has 0 spiro atoms. The number of hydrogen-bond donors (Lipinski definition) is 1. The highest BCUT2D eigenvalue weighted by Crippen LogP contribution is 2.18. The maximum absolute atomic E-state index is 12.2. The first-order valence-electron chi connectivity index (χ1n) is 7.57. The summed E-state index contributed by atoms with van der Waals surface area (Å²) in [4.78, 5) is 12.2. The zero-order valence-corrected chi connectivity index (χ0v) is 13.4. The molecular weight excluding hydrogens is 278 g/mol. The van der Waals surface area contributed by atoms with Crippen LogP contribution in [0.3, 0.4) is 0 Å². The van der Waals surface area contributed by atoms with Crippen LogP contribution in [-0.2, 0) is 6.42 Å². The Morgan fingerprint density at radius 3 is 2.82 bits per heavy atom. The van der Waals surface area contributed by atoms with Gasteiger partial charge in [-0.05, 0) is 44.4 Å². The minimum atomic E-state index is -0.0776. The van der Waals surface area contributed by atoms with E-state index in [1.54, 1.807) is 24.1 Å². The van der Waals surface area contributed by atoms with E-state index >= 15 is 0 Å². The normalized spacial score (nSPS) is 10.7. The zero-order chi connectivity index (χ0) is 15.9. The number of rotatable bonds is 7. The molecule has 0 radical (unpaired) electrons. The van der Waals surface area contributed by atoms with Gasteiger partial charge in [0.15, 0.2) is 0 Å². The molecule has 0 unspecified atom stereocenters. The van der Waals surface area contributed by atoms with E-state index in [1.807, 2.05) is 32.0 Å². The first-order valence-corrected chi connectivity index (χ1v) is 7.57. The number of nitrogens with one attached hydrogen (secondary N) is 1. The predicted octanol–water partition coefficient (Wildman–Crippen LogP) is 2.84. The third kappa shape index (κ3) is 3.87. The van der Waals surface area contributed by atoms with Gasteiger partial charge in [0.2, 0.25) is 0 Å². The fourth-order valence-corrected chi connectivity index (χ4v) is 2.39. The Balaban J connectivity index is 1.84. The zero-order valence-electron chi connectivity index (χ0n) is 13.4. The SMILES string of the molecule is COc1ccccc1CCCNC(=O)c1ccnn1C(C)C. The van der Waals surface area contributed by atoms with Gasteiger partial charge in [0.1, 0.15) is 11.4 Å². The second-order valence-corrected chi connectivity index (χ2v) is 5.43. The molecule has 1 aromatic carbocycles. The second kappa shape index (κ2) is 7.64. The van der Waals surface area contributed by atoms with Crippen LogP contribution >= 0.6 is 0 Å². The molecule has 0 aliphatic heterocycles. The van der Waals surface area contributed by atoms with Crippen molar-refractivity contribution in [2.24, 2.45) is 0 Å². The van der Waals surface area contributed by atoms with Crippen LogP contribution in [0, 0.1) is 0 Å². The van der Waals surface area contributed by atoms with Crippen LogP contribution in [0.5, 0.6) is 5.75 Å². The molecule has 0 bridgehead atoms. The Morgan fingerprint density at radius 2 is 2.09 bits per heavy atom. The smallest absolute Gasteiger partial charge is 0.269 e. The summed E-state index contributed by atoms with van der Waals surface area (Å²) in [5.41, 5.74) is 1.76. The van der Waals surface area contributed by atoms with E-state index in [0.717, 1.165) is 24.2 Å². The van der Waals surface area contributed by atoms with E-state index in [2.05, 4.69) is 16.5 Å². The number of hydrogen-bond acceptors (Lipinski definition) is 3. The minimum absolute atomic E-state index is 0.0776. The molecule has 5 nitrogen and oxygen atoms in total. The number of methoxy groups -OCH3 is 1. The van der Waals surface area contributed by atoms with Gasteiger partial charge in [-0.3, -0.25) is 9.48 Å². The lowest BCUT2D eigenvalue weighted by molar-refractivity contribution is 0.0940. The van der Waals surface area contributed by atoms with E-state index in [4.69, 9.17) is 4.74 Å². The summed E-state index contributed by atoms with van der Waals surface area (Å²) in [5, 5.41) is 7.12. The Morgan fingerprint density at radius 1 is 1.32 bits per heavy atom. The molecule has 1 N–H and O–H groups in total. The highest BCUT2D eigenvalue weighted by atomic mass is 16.5. The van der Waals surface area contributed by atoms with Crippen molar-refractivity contribution in [3.8, 4) is 5.75 Å². The second-order valence-electron chi connectivity index (χ2n) is 5.43. The lowest BCUT2D eigenvalue weighted by Gasteiger charge is -2.11. The average molecular weight is 301 g/mol. The van der Waals surface area contributed by atoms with Gasteiger partial charge in [-0.2, -0.15) is 5.10 Å². The molecule has 0 aliphatic rings. The monoisotopic (exact) mass is 301 g/mol. The number of para-hydroxylation sites is 1. The van der Waals surface area contributed by atoms with Crippen molar-refractivity contribution in [1.82, 2.24) is 15.1 Å². The van der Waals surface area contributed by atoms with E-state index in [9.17, 15) is 4.79 Å². The number of benzene rings is 1. The lowest BCUT2D eigenvalue weighted by Crippen LogP contribution is -2.28. The van der Waals surface area contributed by atoms with Gasteiger partial charge >= 0.3 is 0 Å². The van der Waals surface area contributed by atoms with Crippen molar-refractivity contribution in [2.45, 2.75) is 32.7 Å². The number of nitrogens with zero attached hydrogens (tertiary/aromatic N) is 2. The highest BCUT2D eigenvalue weighted by Gasteiger charge is 2.13. The molecule has 0 saturated heterocycles. The van der Waals surface area contributed by atoms with Crippen LogP contribution in [0.25, 0.3) is 0 Å². The molecule has 22 heavy (non-hydrogen) atoms. The molecular formula is C17H23N3O2. The van der Waals surface area contributed by atoms with E-state index < -0.39 is 0 Å². The van der Waals surface area contributed by atoms with Crippen molar-refractivity contribution < 1.29 is 9.53 Å². The van der Waals surface area contributed by atoms with Crippen molar-refractivity contribution in [2.75, 3.05) is 13.7 Å². The fourth-order valence-electron chi connectivity index (χ4n) is 2.39. The molecule has 0 fully saturated rings.